The third-order valence-electron chi connectivity index (χ3n) is 5.24. The van der Waals surface area contributed by atoms with Crippen LogP contribution in [0, 0.1) is 0 Å². The quantitative estimate of drug-likeness (QED) is 0.679. The Morgan fingerprint density at radius 3 is 2.13 bits per heavy atom. The second-order valence-electron chi connectivity index (χ2n) is 7.17. The minimum atomic E-state index is -3.49. The Balaban J connectivity index is 1.77. The van der Waals surface area contributed by atoms with Crippen LogP contribution in [0.4, 0.5) is 5.82 Å². The number of nitrogens with one attached hydrogen (secondary N) is 1. The van der Waals surface area contributed by atoms with E-state index in [9.17, 15) is 8.42 Å². The van der Waals surface area contributed by atoms with Gasteiger partial charge < -0.3 is 19.5 Å². The van der Waals surface area contributed by atoms with E-state index in [1.165, 1.54) is 6.20 Å². The summed E-state index contributed by atoms with van der Waals surface area (Å²) in [5, 5.41) is 3.29. The molecule has 1 N–H and O–H groups in total. The molecule has 0 bridgehead atoms. The molecule has 1 saturated heterocycles. The molecule has 3 rings (SSSR count). The largest absolute Gasteiger partial charge is 0.493 e. The minimum Gasteiger partial charge on any atom is -0.493 e. The lowest BCUT2D eigenvalue weighted by Crippen LogP contribution is -2.35. The van der Waals surface area contributed by atoms with Gasteiger partial charge in [0.1, 0.15) is 10.7 Å². The lowest BCUT2D eigenvalue weighted by molar-refractivity contribution is 0.323. The third-order valence-corrected chi connectivity index (χ3v) is 7.12. The van der Waals surface area contributed by atoms with Crippen LogP contribution < -0.4 is 19.5 Å². The molecule has 2 aromatic rings. The number of hydrogen-bond acceptors (Lipinski definition) is 7. The number of piperidine rings is 1. The van der Waals surface area contributed by atoms with Gasteiger partial charge in [-0.2, -0.15) is 4.31 Å². The van der Waals surface area contributed by atoms with Crippen molar-refractivity contribution in [1.29, 1.82) is 0 Å². The van der Waals surface area contributed by atoms with Crippen LogP contribution in [-0.2, 0) is 10.0 Å². The van der Waals surface area contributed by atoms with Crippen LogP contribution in [0.15, 0.2) is 35.4 Å². The first-order chi connectivity index (χ1) is 14.4. The fourth-order valence-corrected chi connectivity index (χ4v) is 4.99. The lowest BCUT2D eigenvalue weighted by Gasteiger charge is -2.25. The fourth-order valence-electron chi connectivity index (χ4n) is 3.53. The number of hydrogen-bond donors (Lipinski definition) is 1. The highest BCUT2D eigenvalue weighted by atomic mass is 32.2. The summed E-state index contributed by atoms with van der Waals surface area (Å²) in [6.45, 7) is 3.11. The highest BCUT2D eigenvalue weighted by Crippen LogP contribution is 2.40. The molecule has 0 spiro atoms. The first kappa shape index (κ1) is 22.2. The molecular weight excluding hydrogens is 406 g/mol. The summed E-state index contributed by atoms with van der Waals surface area (Å²) in [5.41, 5.74) is 0.913. The minimum absolute atomic E-state index is 0.129. The Bertz CT molecular complexity index is 932. The number of nitrogens with zero attached hydrogens (tertiary/aromatic N) is 2. The van der Waals surface area contributed by atoms with Gasteiger partial charge in [0.2, 0.25) is 15.8 Å². The average molecular weight is 436 g/mol. The van der Waals surface area contributed by atoms with Crippen LogP contribution in [0.5, 0.6) is 17.2 Å². The van der Waals surface area contributed by atoms with Gasteiger partial charge >= 0.3 is 0 Å². The number of aromatic nitrogens is 1. The molecule has 1 unspecified atom stereocenters. The van der Waals surface area contributed by atoms with Crippen molar-refractivity contribution < 1.29 is 22.6 Å². The first-order valence-electron chi connectivity index (χ1n) is 9.93. The van der Waals surface area contributed by atoms with Crippen LogP contribution in [0.25, 0.3) is 0 Å². The van der Waals surface area contributed by atoms with E-state index < -0.39 is 10.0 Å². The maximum absolute atomic E-state index is 12.8. The van der Waals surface area contributed by atoms with Crippen molar-refractivity contribution in [3.8, 4) is 17.2 Å². The van der Waals surface area contributed by atoms with Crippen LogP contribution in [-0.4, -0.2) is 52.1 Å². The molecule has 1 aromatic carbocycles. The molecular formula is C21H29N3O5S. The Morgan fingerprint density at radius 2 is 1.63 bits per heavy atom. The molecule has 1 aliphatic rings. The number of benzene rings is 1. The number of sulfonamides is 1. The molecule has 9 heteroatoms. The predicted octanol–water partition coefficient (Wildman–Crippen LogP) is 3.46. The monoisotopic (exact) mass is 435 g/mol. The van der Waals surface area contributed by atoms with E-state index in [2.05, 4.69) is 10.3 Å². The van der Waals surface area contributed by atoms with E-state index >= 15 is 0 Å². The van der Waals surface area contributed by atoms with Gasteiger partial charge in [0.15, 0.2) is 11.5 Å². The van der Waals surface area contributed by atoms with Gasteiger partial charge in [-0.25, -0.2) is 13.4 Å². The molecule has 8 nitrogen and oxygen atoms in total. The molecule has 164 valence electrons. The lowest BCUT2D eigenvalue weighted by atomic mass is 10.1. The number of pyridine rings is 1. The zero-order valence-corrected chi connectivity index (χ0v) is 18.7. The van der Waals surface area contributed by atoms with Gasteiger partial charge in [0, 0.05) is 19.3 Å². The van der Waals surface area contributed by atoms with Gasteiger partial charge in [-0.1, -0.05) is 6.42 Å². The van der Waals surface area contributed by atoms with E-state index in [1.54, 1.807) is 37.8 Å². The number of methoxy groups -OCH3 is 3. The van der Waals surface area contributed by atoms with Crippen molar-refractivity contribution in [3.63, 3.8) is 0 Å². The molecule has 30 heavy (non-hydrogen) atoms. The van der Waals surface area contributed by atoms with Crippen LogP contribution in [0.1, 0.15) is 37.8 Å². The molecule has 0 radical (unpaired) electrons. The first-order valence-corrected chi connectivity index (χ1v) is 11.4. The van der Waals surface area contributed by atoms with Gasteiger partial charge in [0.05, 0.1) is 27.4 Å². The smallest absolute Gasteiger partial charge is 0.244 e. The van der Waals surface area contributed by atoms with Crippen molar-refractivity contribution in [3.05, 3.63) is 36.0 Å². The van der Waals surface area contributed by atoms with E-state index in [1.807, 2.05) is 19.1 Å². The molecule has 1 aliphatic heterocycles. The van der Waals surface area contributed by atoms with Crippen molar-refractivity contribution in [1.82, 2.24) is 9.29 Å². The average Bonchev–Trinajstić information content (AvgIpc) is 2.78. The molecule has 1 aromatic heterocycles. The summed E-state index contributed by atoms with van der Waals surface area (Å²) in [6.07, 6.45) is 4.29. The summed E-state index contributed by atoms with van der Waals surface area (Å²) in [5.74, 6) is 2.24. The maximum Gasteiger partial charge on any atom is 0.244 e. The Morgan fingerprint density at radius 1 is 1.00 bits per heavy atom. The molecule has 2 heterocycles. The second-order valence-corrected chi connectivity index (χ2v) is 9.11. The van der Waals surface area contributed by atoms with Crippen molar-refractivity contribution in [2.24, 2.45) is 0 Å². The van der Waals surface area contributed by atoms with E-state index in [0.717, 1.165) is 24.8 Å². The van der Waals surface area contributed by atoms with Gasteiger partial charge in [0.25, 0.3) is 0 Å². The van der Waals surface area contributed by atoms with Gasteiger partial charge in [-0.15, -0.1) is 0 Å². The summed E-state index contributed by atoms with van der Waals surface area (Å²) in [4.78, 5) is 4.54. The van der Waals surface area contributed by atoms with Crippen LogP contribution in [0.3, 0.4) is 0 Å². The summed E-state index contributed by atoms with van der Waals surface area (Å²) >= 11 is 0. The zero-order valence-electron chi connectivity index (χ0n) is 17.8. The normalized spacial score (nSPS) is 16.0. The standard InChI is InChI=1S/C21H29N3O5S/c1-15(16-12-18(27-2)21(29-4)19(13-16)28-3)23-20-9-8-17(14-22-20)30(25,26)24-10-6-5-7-11-24/h8-9,12-15H,5-7,10-11H2,1-4H3,(H,22,23). The van der Waals surface area contributed by atoms with Crippen LogP contribution >= 0.6 is 0 Å². The highest BCUT2D eigenvalue weighted by molar-refractivity contribution is 7.89. The second kappa shape index (κ2) is 9.53. The van der Waals surface area contributed by atoms with Gasteiger partial charge in [-0.05, 0) is 49.6 Å². The summed E-state index contributed by atoms with van der Waals surface area (Å²) in [7, 11) is 1.21. The summed E-state index contributed by atoms with van der Waals surface area (Å²) in [6, 6.07) is 6.89. The molecule has 1 atom stereocenters. The fraction of sp³-hybridized carbons (Fsp3) is 0.476. The zero-order chi connectivity index (χ0) is 21.7. The van der Waals surface area contributed by atoms with E-state index in [-0.39, 0.29) is 10.9 Å². The molecule has 0 saturated carbocycles. The highest BCUT2D eigenvalue weighted by Gasteiger charge is 2.26. The van der Waals surface area contributed by atoms with E-state index in [4.69, 9.17) is 14.2 Å². The predicted molar refractivity (Wildman–Crippen MR) is 115 cm³/mol. The Kier molecular flexibility index (Phi) is 7.04. The topological polar surface area (TPSA) is 90.0 Å². The maximum atomic E-state index is 12.8. The number of ether oxygens (including phenoxy) is 3. The molecule has 0 amide bonds. The number of rotatable bonds is 8. The molecule has 0 aliphatic carbocycles. The van der Waals surface area contributed by atoms with Gasteiger partial charge in [-0.3, -0.25) is 0 Å². The van der Waals surface area contributed by atoms with Crippen LogP contribution in [0.2, 0.25) is 0 Å². The third kappa shape index (κ3) is 4.62. The Hall–Kier alpha value is -2.52. The van der Waals surface area contributed by atoms with Crippen molar-refractivity contribution >= 4 is 15.8 Å². The van der Waals surface area contributed by atoms with E-state index in [0.29, 0.717) is 36.2 Å². The van der Waals surface area contributed by atoms with Crippen molar-refractivity contribution in [2.45, 2.75) is 37.1 Å². The number of anilines is 1. The SMILES string of the molecule is COc1cc(C(C)Nc2ccc(S(=O)(=O)N3CCCCC3)cn2)cc(OC)c1OC. The van der Waals surface area contributed by atoms with Crippen molar-refractivity contribution in [2.75, 3.05) is 39.7 Å². The summed E-state index contributed by atoms with van der Waals surface area (Å²) < 4.78 is 43.3. The Labute approximate surface area is 178 Å². The molecule has 1 fully saturated rings.